The van der Waals surface area contributed by atoms with Crippen molar-refractivity contribution in [3.8, 4) is 23.0 Å². The first-order valence-electron chi connectivity index (χ1n) is 18.2. The molecule has 1 heterocycles. The molecule has 0 spiro atoms. The Morgan fingerprint density at radius 2 is 1.12 bits per heavy atom. The van der Waals surface area contributed by atoms with Gasteiger partial charge in [0, 0.05) is 33.4 Å². The Balaban J connectivity index is 1.46. The van der Waals surface area contributed by atoms with Crippen molar-refractivity contribution in [2.24, 2.45) is 0 Å². The van der Waals surface area contributed by atoms with Gasteiger partial charge in [0.1, 0.15) is 58.5 Å². The normalized spacial score (nSPS) is 25.8. The van der Waals surface area contributed by atoms with E-state index in [2.05, 4.69) is 0 Å². The predicted octanol–water partition coefficient (Wildman–Crippen LogP) is 2.88. The van der Waals surface area contributed by atoms with Crippen LogP contribution in [0.5, 0.6) is 23.0 Å². The Kier molecular flexibility index (Phi) is 9.88. The van der Waals surface area contributed by atoms with Gasteiger partial charge in [-0.05, 0) is 75.9 Å². The largest absolute Gasteiger partial charge is 0.507 e. The summed E-state index contributed by atoms with van der Waals surface area (Å²) in [6.07, 6.45) is -8.92. The van der Waals surface area contributed by atoms with Gasteiger partial charge in [-0.15, -0.1) is 0 Å². The summed E-state index contributed by atoms with van der Waals surface area (Å²) < 4.78 is 11.4. The molecule has 59 heavy (non-hydrogen) atoms. The number of carboxylic acid groups (broad SMARTS) is 2. The maximum atomic E-state index is 14.5. The van der Waals surface area contributed by atoms with Crippen LogP contribution in [-0.2, 0) is 25.7 Å². The zero-order chi connectivity index (χ0) is 43.4. The Morgan fingerprint density at radius 3 is 1.58 bits per heavy atom. The summed E-state index contributed by atoms with van der Waals surface area (Å²) in [5.74, 6) is -6.85. The Labute approximate surface area is 334 Å². The lowest BCUT2D eigenvalue weighted by molar-refractivity contribution is -0.399. The van der Waals surface area contributed by atoms with Gasteiger partial charge in [0.25, 0.3) is 0 Å². The SMILES string of the molecule is Cc1ccc2c(c1O)C(=O)c1c(cc(O)c(C(=O)O)c1C)[C@]2(C)OO[C@@]1(C)c2cc(OC3O[C@H](CO)[C@H](O)[C@H](O)[C@H]3O)c(C(=O)O)c(C)c2C(=O)c2c1ccc(C)c2O. The molecule has 9 N–H and O–H groups in total. The van der Waals surface area contributed by atoms with E-state index < -0.39 is 106 Å². The highest BCUT2D eigenvalue weighted by Gasteiger charge is 2.52. The van der Waals surface area contributed by atoms with Gasteiger partial charge in [-0.3, -0.25) is 9.59 Å². The van der Waals surface area contributed by atoms with Gasteiger partial charge in [-0.25, -0.2) is 19.4 Å². The van der Waals surface area contributed by atoms with E-state index in [1.54, 1.807) is 6.92 Å². The molecule has 1 aliphatic heterocycles. The number of aromatic carboxylic acids is 2. The van der Waals surface area contributed by atoms with Gasteiger partial charge in [-0.2, -0.15) is 0 Å². The topological polar surface area (TPSA) is 287 Å². The van der Waals surface area contributed by atoms with Crippen molar-refractivity contribution in [3.63, 3.8) is 0 Å². The molecule has 310 valence electrons. The van der Waals surface area contributed by atoms with Crippen LogP contribution < -0.4 is 4.74 Å². The van der Waals surface area contributed by atoms with E-state index in [4.69, 9.17) is 19.2 Å². The van der Waals surface area contributed by atoms with Crippen LogP contribution in [0, 0.1) is 27.7 Å². The highest BCUT2D eigenvalue weighted by molar-refractivity contribution is 6.18. The van der Waals surface area contributed by atoms with Crippen LogP contribution >= 0.6 is 0 Å². The second kappa shape index (κ2) is 14.1. The number of fused-ring (bicyclic) bond motifs is 4. The molecule has 1 fully saturated rings. The summed E-state index contributed by atoms with van der Waals surface area (Å²) in [6, 6.07) is 8.06. The molecule has 17 heteroatoms. The highest BCUT2D eigenvalue weighted by Crippen LogP contribution is 2.53. The number of aliphatic hydroxyl groups is 4. The molecular weight excluding hydrogens is 776 g/mol. The van der Waals surface area contributed by atoms with Gasteiger partial charge in [0.15, 0.2) is 22.8 Å². The second-order valence-electron chi connectivity index (χ2n) is 15.2. The van der Waals surface area contributed by atoms with Gasteiger partial charge in [0.05, 0.1) is 17.7 Å². The fourth-order valence-electron chi connectivity index (χ4n) is 8.38. The Hall–Kier alpha value is -5.92. The number of aromatic hydroxyl groups is 3. The number of phenols is 3. The molecule has 1 unspecified atom stereocenters. The van der Waals surface area contributed by atoms with Crippen molar-refractivity contribution in [2.45, 2.75) is 83.5 Å². The molecule has 1 saturated heterocycles. The Morgan fingerprint density at radius 1 is 0.661 bits per heavy atom. The number of benzene rings is 4. The minimum atomic E-state index is -2.03. The fourth-order valence-corrected chi connectivity index (χ4v) is 8.38. The van der Waals surface area contributed by atoms with Crippen LogP contribution in [0.3, 0.4) is 0 Å². The van der Waals surface area contributed by atoms with E-state index in [9.17, 15) is 65.1 Å². The zero-order valence-electron chi connectivity index (χ0n) is 32.3. The molecule has 7 atom stereocenters. The quantitative estimate of drug-likeness (QED) is 0.0913. The summed E-state index contributed by atoms with van der Waals surface area (Å²) in [7, 11) is 0. The number of hydrogen-bond acceptors (Lipinski definition) is 15. The number of carbonyl (C=O) groups excluding carboxylic acids is 2. The van der Waals surface area contributed by atoms with Crippen LogP contribution in [0.15, 0.2) is 36.4 Å². The smallest absolute Gasteiger partial charge is 0.339 e. The number of ether oxygens (including phenoxy) is 2. The number of ketones is 2. The average molecular weight is 817 g/mol. The number of hydrogen-bond donors (Lipinski definition) is 9. The van der Waals surface area contributed by atoms with Crippen molar-refractivity contribution in [1.29, 1.82) is 0 Å². The van der Waals surface area contributed by atoms with Crippen LogP contribution in [0.2, 0.25) is 0 Å². The average Bonchev–Trinajstić information content (AvgIpc) is 3.17. The first kappa shape index (κ1) is 41.2. The third kappa shape index (κ3) is 5.88. The van der Waals surface area contributed by atoms with Crippen LogP contribution in [-0.4, -0.2) is 107 Å². The summed E-state index contributed by atoms with van der Waals surface area (Å²) >= 11 is 0. The fraction of sp³-hybridized carbons (Fsp3) is 0.333. The lowest BCUT2D eigenvalue weighted by Gasteiger charge is -2.43. The summed E-state index contributed by atoms with van der Waals surface area (Å²) in [5, 5.41) is 95.4. The first-order valence-corrected chi connectivity index (χ1v) is 18.2. The third-order valence-corrected chi connectivity index (χ3v) is 11.7. The van der Waals surface area contributed by atoms with Crippen molar-refractivity contribution >= 4 is 23.5 Å². The van der Waals surface area contributed by atoms with Crippen molar-refractivity contribution in [3.05, 3.63) is 114 Å². The van der Waals surface area contributed by atoms with E-state index in [-0.39, 0.29) is 61.2 Å². The number of aliphatic hydroxyl groups excluding tert-OH is 4. The van der Waals surface area contributed by atoms with E-state index in [0.717, 1.165) is 12.1 Å². The molecule has 4 aromatic rings. The number of carbonyl (C=O) groups is 4. The summed E-state index contributed by atoms with van der Waals surface area (Å²) in [5.41, 5.74) is -6.08. The van der Waals surface area contributed by atoms with Crippen molar-refractivity contribution in [1.82, 2.24) is 0 Å². The molecule has 17 nitrogen and oxygen atoms in total. The number of carboxylic acids is 2. The molecule has 7 rings (SSSR count). The van der Waals surface area contributed by atoms with Crippen molar-refractivity contribution in [2.75, 3.05) is 6.61 Å². The molecule has 0 radical (unpaired) electrons. The maximum absolute atomic E-state index is 14.5. The number of phenolic OH excluding ortho intramolecular Hbond substituents is 2. The third-order valence-electron chi connectivity index (χ3n) is 11.7. The molecule has 0 amide bonds. The lowest BCUT2D eigenvalue weighted by atomic mass is 9.71. The highest BCUT2D eigenvalue weighted by atomic mass is 17.2. The number of aryl methyl sites for hydroxylation is 2. The van der Waals surface area contributed by atoms with Crippen LogP contribution in [0.25, 0.3) is 0 Å². The molecule has 4 aromatic carbocycles. The van der Waals surface area contributed by atoms with Gasteiger partial charge >= 0.3 is 11.9 Å². The lowest BCUT2D eigenvalue weighted by Crippen LogP contribution is -2.60. The van der Waals surface area contributed by atoms with E-state index in [1.807, 2.05) is 0 Å². The van der Waals surface area contributed by atoms with Gasteiger partial charge in [-0.1, -0.05) is 24.3 Å². The van der Waals surface area contributed by atoms with E-state index in [0.29, 0.717) is 5.56 Å². The molecule has 0 aromatic heterocycles. The van der Waals surface area contributed by atoms with Crippen LogP contribution in [0.1, 0.15) is 111 Å². The summed E-state index contributed by atoms with van der Waals surface area (Å²) in [6.45, 7) is 7.71. The molecule has 0 bridgehead atoms. The van der Waals surface area contributed by atoms with Gasteiger partial charge in [0.2, 0.25) is 6.29 Å². The molecular formula is C42H40O17. The predicted molar refractivity (Wildman–Crippen MR) is 200 cm³/mol. The maximum Gasteiger partial charge on any atom is 0.339 e. The van der Waals surface area contributed by atoms with E-state index in [1.165, 1.54) is 58.9 Å². The first-order chi connectivity index (χ1) is 27.6. The standard InChI is InChI=1S/C42H40O17/c1-14-7-9-18-29(31(14)45)34(48)25-16(3)27(38(52)53)22(44)11-20(25)41(18,5)58-59-42(6)19-10-8-15(2)32(46)30(19)35(49)26-17(4)28(39(54)55)23(12-21(26)42)56-40-37(51)36(50)33(47)24(13-43)57-40/h7-12,24,33,36-37,40,43-47,50-51H,13H2,1-6H3,(H,52,53)(H,54,55)/t24-,33+,36+,37-,40?,41-,42-/m1/s1. The second-order valence-corrected chi connectivity index (χ2v) is 15.2. The monoisotopic (exact) mass is 816 g/mol. The molecule has 3 aliphatic rings. The summed E-state index contributed by atoms with van der Waals surface area (Å²) in [4.78, 5) is 66.6. The molecule has 0 saturated carbocycles. The van der Waals surface area contributed by atoms with Crippen molar-refractivity contribution < 1.29 is 84.4 Å². The minimum absolute atomic E-state index is 0.00213. The Bertz CT molecular complexity index is 2520. The van der Waals surface area contributed by atoms with Gasteiger partial charge < -0.3 is 55.4 Å². The minimum Gasteiger partial charge on any atom is -0.507 e. The zero-order valence-corrected chi connectivity index (χ0v) is 32.3. The number of rotatable bonds is 8. The molecule has 2 aliphatic carbocycles. The van der Waals surface area contributed by atoms with Crippen LogP contribution in [0.4, 0.5) is 0 Å². The van der Waals surface area contributed by atoms with E-state index >= 15 is 0 Å².